The van der Waals surface area contributed by atoms with Crippen LogP contribution >= 0.6 is 0 Å². The van der Waals surface area contributed by atoms with Crippen LogP contribution in [0.2, 0.25) is 0 Å². The molecule has 0 heterocycles. The third-order valence-corrected chi connectivity index (χ3v) is 3.68. The molecule has 0 atom stereocenters. The fraction of sp³-hybridized carbons (Fsp3) is 0.0769. The van der Waals surface area contributed by atoms with Crippen LogP contribution in [-0.4, -0.2) is 8.42 Å². The zero-order chi connectivity index (χ0) is 11.6. The van der Waals surface area contributed by atoms with Crippen molar-refractivity contribution in [2.24, 2.45) is 0 Å². The molecule has 0 N–H and O–H groups in total. The molecule has 0 aromatic heterocycles. The van der Waals surface area contributed by atoms with Crippen LogP contribution in [0.3, 0.4) is 0 Å². The van der Waals surface area contributed by atoms with Crippen molar-refractivity contribution in [2.75, 3.05) is 0 Å². The minimum atomic E-state index is -3.18. The summed E-state index contributed by atoms with van der Waals surface area (Å²) >= 11 is 0. The molecule has 0 aliphatic heterocycles. The molecule has 2 aromatic carbocycles. The Morgan fingerprint density at radius 3 is 2.44 bits per heavy atom. The van der Waals surface area contributed by atoms with Crippen LogP contribution in [0.25, 0.3) is 10.8 Å². The maximum Gasteiger partial charge on any atom is 0.175 e. The van der Waals surface area contributed by atoms with E-state index in [0.29, 0.717) is 0 Å². The smallest absolute Gasteiger partial charge is 0.175 e. The fourth-order valence-corrected chi connectivity index (χ4v) is 2.38. The Balaban J connectivity index is 2.44. The first-order valence-electron chi connectivity index (χ1n) is 4.93. The molecule has 0 bridgehead atoms. The van der Waals surface area contributed by atoms with E-state index in [1.165, 1.54) is 0 Å². The van der Waals surface area contributed by atoms with Gasteiger partial charge in [-0.15, -0.1) is 0 Å². The third-order valence-electron chi connectivity index (χ3n) is 2.44. The Morgan fingerprint density at radius 1 is 1.06 bits per heavy atom. The lowest BCUT2D eigenvalue weighted by molar-refractivity contribution is 0.604. The van der Waals surface area contributed by atoms with Gasteiger partial charge in [0.2, 0.25) is 0 Å². The molecule has 0 amide bonds. The van der Waals surface area contributed by atoms with Crippen LogP contribution in [0.5, 0.6) is 0 Å². The van der Waals surface area contributed by atoms with Crippen LogP contribution in [0.1, 0.15) is 5.56 Å². The number of fused-ring (bicyclic) bond motifs is 1. The molecular formula is C13H12O2S. The van der Waals surface area contributed by atoms with Gasteiger partial charge in [0.05, 0.1) is 5.75 Å². The molecule has 2 rings (SSSR count). The number of hydrogen-bond acceptors (Lipinski definition) is 2. The van der Waals surface area contributed by atoms with E-state index in [1.807, 2.05) is 42.5 Å². The van der Waals surface area contributed by atoms with Crippen molar-refractivity contribution in [1.82, 2.24) is 0 Å². The molecule has 2 aromatic rings. The van der Waals surface area contributed by atoms with E-state index in [1.54, 1.807) is 0 Å². The van der Waals surface area contributed by atoms with E-state index in [-0.39, 0.29) is 5.75 Å². The van der Waals surface area contributed by atoms with Gasteiger partial charge in [0.15, 0.2) is 9.84 Å². The van der Waals surface area contributed by atoms with Gasteiger partial charge in [-0.1, -0.05) is 49.0 Å². The van der Waals surface area contributed by atoms with Gasteiger partial charge in [0.25, 0.3) is 0 Å². The van der Waals surface area contributed by atoms with Crippen LogP contribution in [0.15, 0.2) is 54.5 Å². The first kappa shape index (κ1) is 10.9. The Kier molecular flexibility index (Phi) is 2.79. The summed E-state index contributed by atoms with van der Waals surface area (Å²) in [4.78, 5) is 0. The molecule has 0 aliphatic rings. The predicted octanol–water partition coefficient (Wildman–Crippen LogP) is 2.90. The van der Waals surface area contributed by atoms with Gasteiger partial charge >= 0.3 is 0 Å². The van der Waals surface area contributed by atoms with Crippen molar-refractivity contribution in [3.05, 3.63) is 60.0 Å². The minimum Gasteiger partial charge on any atom is -0.224 e. The second-order valence-electron chi connectivity index (χ2n) is 3.66. The molecule has 0 fully saturated rings. The number of sulfone groups is 1. The molecule has 0 saturated heterocycles. The van der Waals surface area contributed by atoms with Crippen molar-refractivity contribution < 1.29 is 8.42 Å². The Morgan fingerprint density at radius 2 is 1.75 bits per heavy atom. The minimum absolute atomic E-state index is 0.0152. The van der Waals surface area contributed by atoms with Crippen LogP contribution in [0.4, 0.5) is 0 Å². The van der Waals surface area contributed by atoms with Gasteiger partial charge < -0.3 is 0 Å². The molecule has 16 heavy (non-hydrogen) atoms. The van der Waals surface area contributed by atoms with E-state index in [4.69, 9.17) is 0 Å². The molecule has 2 nitrogen and oxygen atoms in total. The van der Waals surface area contributed by atoms with Crippen molar-refractivity contribution >= 4 is 20.6 Å². The monoisotopic (exact) mass is 232 g/mol. The number of hydrogen-bond donors (Lipinski definition) is 0. The lowest BCUT2D eigenvalue weighted by Gasteiger charge is -2.02. The summed E-state index contributed by atoms with van der Waals surface area (Å²) < 4.78 is 22.8. The van der Waals surface area contributed by atoms with Gasteiger partial charge in [0, 0.05) is 5.41 Å². The topological polar surface area (TPSA) is 34.1 Å². The first-order valence-corrected chi connectivity index (χ1v) is 6.65. The SMILES string of the molecule is C=CS(=O)(=O)Cc1ccc2ccccc2c1. The second-order valence-corrected chi connectivity index (χ2v) is 5.60. The lowest BCUT2D eigenvalue weighted by atomic mass is 10.1. The highest BCUT2D eigenvalue weighted by Gasteiger charge is 2.06. The first-order chi connectivity index (χ1) is 7.61. The molecule has 0 unspecified atom stereocenters. The highest BCUT2D eigenvalue weighted by Crippen LogP contribution is 2.17. The van der Waals surface area contributed by atoms with E-state index in [0.717, 1.165) is 21.7 Å². The molecule has 0 saturated carbocycles. The Bertz CT molecular complexity index is 627. The zero-order valence-electron chi connectivity index (χ0n) is 8.76. The van der Waals surface area contributed by atoms with E-state index in [9.17, 15) is 8.42 Å². The normalized spacial score (nSPS) is 11.5. The van der Waals surface area contributed by atoms with Gasteiger partial charge in [-0.2, -0.15) is 0 Å². The van der Waals surface area contributed by atoms with Crippen molar-refractivity contribution in [3.8, 4) is 0 Å². The van der Waals surface area contributed by atoms with Crippen LogP contribution < -0.4 is 0 Å². The third kappa shape index (κ3) is 2.31. The molecule has 0 aliphatic carbocycles. The summed E-state index contributed by atoms with van der Waals surface area (Å²) in [6, 6.07) is 13.5. The average Bonchev–Trinajstić information content (AvgIpc) is 2.28. The fourth-order valence-electron chi connectivity index (χ4n) is 1.62. The average molecular weight is 232 g/mol. The predicted molar refractivity (Wildman–Crippen MR) is 66.8 cm³/mol. The molecule has 3 heteroatoms. The van der Waals surface area contributed by atoms with Crippen molar-refractivity contribution in [3.63, 3.8) is 0 Å². The van der Waals surface area contributed by atoms with Gasteiger partial charge in [-0.25, -0.2) is 8.42 Å². The summed E-state index contributed by atoms with van der Waals surface area (Å²) in [6.07, 6.45) is 0. The summed E-state index contributed by atoms with van der Waals surface area (Å²) in [6.45, 7) is 3.30. The van der Waals surface area contributed by atoms with Gasteiger partial charge in [-0.05, 0) is 16.3 Å². The highest BCUT2D eigenvalue weighted by molar-refractivity contribution is 7.93. The van der Waals surface area contributed by atoms with Gasteiger partial charge in [-0.3, -0.25) is 0 Å². The standard InChI is InChI=1S/C13H12O2S/c1-2-16(14,15)10-11-7-8-12-5-3-4-6-13(12)9-11/h2-9H,1,10H2. The highest BCUT2D eigenvalue weighted by atomic mass is 32.2. The summed E-state index contributed by atoms with van der Waals surface area (Å²) in [5.41, 5.74) is 0.790. The second kappa shape index (κ2) is 4.10. The lowest BCUT2D eigenvalue weighted by Crippen LogP contribution is -1.99. The van der Waals surface area contributed by atoms with Gasteiger partial charge in [0.1, 0.15) is 0 Å². The maximum absolute atomic E-state index is 11.4. The largest absolute Gasteiger partial charge is 0.224 e. The molecule has 0 radical (unpaired) electrons. The van der Waals surface area contributed by atoms with Crippen molar-refractivity contribution in [2.45, 2.75) is 5.75 Å². The van der Waals surface area contributed by atoms with Crippen LogP contribution in [0, 0.1) is 0 Å². The van der Waals surface area contributed by atoms with Crippen LogP contribution in [-0.2, 0) is 15.6 Å². The Labute approximate surface area is 95.1 Å². The number of rotatable bonds is 3. The molecule has 82 valence electrons. The quantitative estimate of drug-likeness (QED) is 0.815. The van der Waals surface area contributed by atoms with E-state index >= 15 is 0 Å². The zero-order valence-corrected chi connectivity index (χ0v) is 9.57. The summed E-state index contributed by atoms with van der Waals surface area (Å²) in [5, 5.41) is 3.17. The Hall–Kier alpha value is -1.61. The molecular weight excluding hydrogens is 220 g/mol. The van der Waals surface area contributed by atoms with E-state index < -0.39 is 9.84 Å². The summed E-state index contributed by atoms with van der Waals surface area (Å²) in [7, 11) is -3.18. The van der Waals surface area contributed by atoms with E-state index in [2.05, 4.69) is 6.58 Å². The number of benzene rings is 2. The molecule has 0 spiro atoms. The summed E-state index contributed by atoms with van der Waals surface area (Å²) in [5.74, 6) is 0.0152. The van der Waals surface area contributed by atoms with Crippen molar-refractivity contribution in [1.29, 1.82) is 0 Å². The maximum atomic E-state index is 11.4.